The number of unbranched alkanes of at least 4 members (excludes halogenated alkanes) is 2. The van der Waals surface area contributed by atoms with Crippen LogP contribution >= 0.6 is 11.6 Å². The maximum atomic E-state index is 11.3. The van der Waals surface area contributed by atoms with Crippen LogP contribution in [0.5, 0.6) is 0 Å². The lowest BCUT2D eigenvalue weighted by Gasteiger charge is -2.25. The third-order valence-corrected chi connectivity index (χ3v) is 5.97. The summed E-state index contributed by atoms with van der Waals surface area (Å²) in [5, 5.41) is 55.2. The Kier molecular flexibility index (Phi) is 26.8. The van der Waals surface area contributed by atoms with Crippen molar-refractivity contribution < 1.29 is 69.0 Å². The van der Waals surface area contributed by atoms with E-state index in [9.17, 15) is 43.5 Å². The van der Waals surface area contributed by atoms with E-state index in [1.165, 1.54) is 0 Å². The van der Waals surface area contributed by atoms with Crippen molar-refractivity contribution in [3.05, 3.63) is 24.3 Å². The maximum absolute atomic E-state index is 11.3. The first-order valence-electron chi connectivity index (χ1n) is 14.0. The molecule has 2 atom stereocenters. The summed E-state index contributed by atoms with van der Waals surface area (Å²) < 4.78 is 0. The number of carbonyl (C=O) groups excluding carboxylic acids is 2. The third kappa shape index (κ3) is 27.6. The molecule has 0 bridgehead atoms. The number of nitrogens with zero attached hydrogens (tertiary/aromatic N) is 2. The van der Waals surface area contributed by atoms with E-state index in [0.29, 0.717) is 49.9 Å². The fourth-order valence-corrected chi connectivity index (χ4v) is 3.47. The minimum Gasteiger partial charge on any atom is -0.480 e. The Balaban J connectivity index is -0.000000715. The Morgan fingerprint density at radius 1 is 0.638 bits per heavy atom. The predicted octanol–water partition coefficient (Wildman–Crippen LogP) is 0.141. The van der Waals surface area contributed by atoms with Gasteiger partial charge in [0.1, 0.15) is 12.1 Å². The van der Waals surface area contributed by atoms with Crippen molar-refractivity contribution >= 4 is 58.6 Å². The number of aliphatic carboxylic acids is 6. The van der Waals surface area contributed by atoms with Gasteiger partial charge >= 0.3 is 35.8 Å². The van der Waals surface area contributed by atoms with Gasteiger partial charge in [-0.05, 0) is 64.1 Å². The van der Waals surface area contributed by atoms with Crippen LogP contribution in [0.4, 0.5) is 0 Å². The van der Waals surface area contributed by atoms with Crippen molar-refractivity contribution in [3.63, 3.8) is 0 Å². The van der Waals surface area contributed by atoms with Gasteiger partial charge in [0.25, 0.3) is 0 Å². The molecule has 0 aromatic rings. The lowest BCUT2D eigenvalue weighted by Crippen LogP contribution is -2.46. The monoisotopic (exact) mass is 696 g/mol. The minimum absolute atomic E-state index is 0.0822. The molecule has 19 heteroatoms. The van der Waals surface area contributed by atoms with E-state index in [2.05, 4.69) is 18.5 Å². The second-order valence-corrected chi connectivity index (χ2v) is 10.3. The van der Waals surface area contributed by atoms with Crippen LogP contribution in [0.1, 0.15) is 52.4 Å². The van der Waals surface area contributed by atoms with Gasteiger partial charge in [0.05, 0.1) is 26.2 Å². The number of amides is 1. The summed E-state index contributed by atoms with van der Waals surface area (Å²) in [6.07, 6.45) is 2.24. The van der Waals surface area contributed by atoms with Gasteiger partial charge in [0.15, 0.2) is 0 Å². The number of carboxylic acid groups (broad SMARTS) is 6. The molecule has 2 unspecified atom stereocenters. The molecular formula is C28H45ClN4O14. The highest BCUT2D eigenvalue weighted by atomic mass is 35.5. The summed E-state index contributed by atoms with van der Waals surface area (Å²) in [6.45, 7) is 8.03. The molecule has 0 aliphatic carbocycles. The number of carboxylic acids is 6. The quantitative estimate of drug-likeness (QED) is 0.0400. The fraction of sp³-hybridized carbons (Fsp3) is 0.571. The third-order valence-electron chi connectivity index (χ3n) is 5.65. The average molecular weight is 697 g/mol. The molecule has 0 aliphatic heterocycles. The molecule has 1 amide bonds. The first kappa shape index (κ1) is 47.0. The van der Waals surface area contributed by atoms with Crippen LogP contribution in [0, 0.1) is 0 Å². The van der Waals surface area contributed by atoms with Crippen LogP contribution in [0.25, 0.3) is 0 Å². The van der Waals surface area contributed by atoms with Crippen molar-refractivity contribution in [1.29, 1.82) is 0 Å². The van der Waals surface area contributed by atoms with Crippen LogP contribution in [0.15, 0.2) is 24.3 Å². The smallest absolute Gasteiger partial charge is 0.320 e. The Labute approximate surface area is 276 Å². The fourth-order valence-electron chi connectivity index (χ4n) is 3.47. The molecule has 0 aliphatic rings. The summed E-state index contributed by atoms with van der Waals surface area (Å²) in [6, 6.07) is -2.33. The molecule has 0 saturated heterocycles. The van der Waals surface area contributed by atoms with Gasteiger partial charge in [-0.25, -0.2) is 0 Å². The van der Waals surface area contributed by atoms with Crippen LogP contribution in [0.3, 0.4) is 0 Å². The van der Waals surface area contributed by atoms with Crippen LogP contribution in [-0.4, -0.2) is 139 Å². The predicted molar refractivity (Wildman–Crippen MR) is 167 cm³/mol. The molecule has 0 aromatic carbocycles. The Morgan fingerprint density at radius 2 is 0.957 bits per heavy atom. The van der Waals surface area contributed by atoms with Crippen LogP contribution < -0.4 is 11.1 Å². The molecule has 268 valence electrons. The van der Waals surface area contributed by atoms with Crippen molar-refractivity contribution in [2.45, 2.75) is 64.5 Å². The molecule has 18 nitrogen and oxygen atoms in total. The standard InChI is InChI=1S/C14H22N2O7.C10H18N2O6.C4H5ClO/c1-9(2)13(21)15-6-4-3-5-10(14(22)23)16(7-11(17)18)8-12(19)20;11-4-2-1-3-7(10(17)18)12(5-8(13)14)6-9(15)16;1-3(2)4(5)6/h10H,1,3-8H2,2H3,(H,15,21)(H,17,18)(H,19,20)(H,22,23);7H,1-6,11H2,(H,13,14)(H,15,16)(H,17,18);1H2,2H3. The summed E-state index contributed by atoms with van der Waals surface area (Å²) in [4.78, 5) is 87.9. The van der Waals surface area contributed by atoms with Crippen LogP contribution in [0.2, 0.25) is 0 Å². The highest BCUT2D eigenvalue weighted by molar-refractivity contribution is 6.67. The van der Waals surface area contributed by atoms with Gasteiger partial charge in [-0.1, -0.05) is 19.6 Å². The first-order chi connectivity index (χ1) is 21.7. The second kappa shape index (κ2) is 26.8. The van der Waals surface area contributed by atoms with E-state index in [1.54, 1.807) is 13.8 Å². The number of nitrogens with one attached hydrogen (secondary N) is 1. The Hall–Kier alpha value is -4.39. The van der Waals surface area contributed by atoms with Gasteiger partial charge in [0.2, 0.25) is 11.1 Å². The van der Waals surface area contributed by atoms with E-state index < -0.39 is 79.3 Å². The zero-order valence-electron chi connectivity index (χ0n) is 26.4. The molecule has 47 heavy (non-hydrogen) atoms. The Bertz CT molecular complexity index is 1070. The number of allylic oxidation sites excluding steroid dienone is 1. The summed E-state index contributed by atoms with van der Waals surface area (Å²) in [5.41, 5.74) is 6.03. The van der Waals surface area contributed by atoms with Crippen molar-refractivity contribution in [2.75, 3.05) is 39.3 Å². The van der Waals surface area contributed by atoms with E-state index >= 15 is 0 Å². The summed E-state index contributed by atoms with van der Waals surface area (Å²) in [5.74, 6) is -7.92. The van der Waals surface area contributed by atoms with Crippen LogP contribution in [-0.2, 0) is 38.4 Å². The van der Waals surface area contributed by atoms with Gasteiger partial charge in [-0.3, -0.25) is 48.2 Å². The number of nitrogens with two attached hydrogens (primary N) is 1. The molecule has 0 spiro atoms. The molecule has 0 aromatic heterocycles. The van der Waals surface area contributed by atoms with Crippen molar-refractivity contribution in [3.8, 4) is 0 Å². The molecule has 9 N–H and O–H groups in total. The van der Waals surface area contributed by atoms with E-state index in [1.807, 2.05) is 0 Å². The zero-order valence-corrected chi connectivity index (χ0v) is 27.1. The molecular weight excluding hydrogens is 652 g/mol. The highest BCUT2D eigenvalue weighted by Crippen LogP contribution is 2.11. The number of carbonyl (C=O) groups is 8. The van der Waals surface area contributed by atoms with Gasteiger partial charge in [0, 0.05) is 17.7 Å². The lowest BCUT2D eigenvalue weighted by molar-refractivity contribution is -0.152. The SMILES string of the molecule is C=C(C)C(=O)Cl.C=C(C)C(=O)NCCCCC(C(=O)O)N(CC(=O)O)CC(=O)O.NCCCCC(C(=O)O)N(CC(=O)O)CC(=O)O. The van der Waals surface area contributed by atoms with Gasteiger partial charge in [-0.15, -0.1) is 0 Å². The second-order valence-electron chi connectivity index (χ2n) is 9.96. The normalized spacial score (nSPS) is 11.4. The summed E-state index contributed by atoms with van der Waals surface area (Å²) in [7, 11) is 0. The summed E-state index contributed by atoms with van der Waals surface area (Å²) >= 11 is 4.87. The average Bonchev–Trinajstić information content (AvgIpc) is 2.91. The van der Waals surface area contributed by atoms with Crippen molar-refractivity contribution in [1.82, 2.24) is 15.1 Å². The first-order valence-corrected chi connectivity index (χ1v) is 14.3. The van der Waals surface area contributed by atoms with Gasteiger partial charge in [-0.2, -0.15) is 0 Å². The number of rotatable bonds is 23. The molecule has 0 fully saturated rings. The van der Waals surface area contributed by atoms with Gasteiger partial charge < -0.3 is 41.7 Å². The lowest BCUT2D eigenvalue weighted by atomic mass is 10.1. The van der Waals surface area contributed by atoms with E-state index in [-0.39, 0.29) is 18.7 Å². The molecule has 0 rings (SSSR count). The van der Waals surface area contributed by atoms with E-state index in [4.69, 9.17) is 42.9 Å². The van der Waals surface area contributed by atoms with Crippen molar-refractivity contribution in [2.24, 2.45) is 5.73 Å². The van der Waals surface area contributed by atoms with E-state index in [0.717, 1.165) is 9.80 Å². The highest BCUT2D eigenvalue weighted by Gasteiger charge is 2.29. The maximum Gasteiger partial charge on any atom is 0.320 e. The minimum atomic E-state index is -1.30. The molecule has 0 saturated carbocycles. The molecule has 0 radical (unpaired) electrons. The number of halogens is 1. The molecule has 0 heterocycles. The topological polar surface area (TPSA) is 302 Å². The number of hydrogen-bond acceptors (Lipinski definition) is 11. The number of hydrogen-bond donors (Lipinski definition) is 8. The Morgan fingerprint density at radius 3 is 1.19 bits per heavy atom. The zero-order chi connectivity index (χ0) is 37.3. The largest absolute Gasteiger partial charge is 0.480 e.